The number of carbonyl (C=O) groups is 1. The maximum absolute atomic E-state index is 12.4. The summed E-state index contributed by atoms with van der Waals surface area (Å²) in [6.07, 6.45) is 2.01. The number of anilines is 1. The lowest BCUT2D eigenvalue weighted by atomic mass is 10.1. The van der Waals surface area contributed by atoms with Crippen molar-refractivity contribution in [3.63, 3.8) is 0 Å². The Hall–Kier alpha value is -3.20. The lowest BCUT2D eigenvalue weighted by Crippen LogP contribution is -2.23. The molecule has 1 amide bonds. The molecule has 27 heavy (non-hydrogen) atoms. The highest BCUT2D eigenvalue weighted by molar-refractivity contribution is 7.16. The minimum absolute atomic E-state index is 0.109. The molecule has 0 bridgehead atoms. The maximum Gasteiger partial charge on any atom is 0.293 e. The van der Waals surface area contributed by atoms with Gasteiger partial charge in [0.05, 0.1) is 15.1 Å². The lowest BCUT2D eigenvalue weighted by Gasteiger charge is -2.07. The fourth-order valence-electron chi connectivity index (χ4n) is 2.74. The van der Waals surface area contributed by atoms with Crippen molar-refractivity contribution in [2.75, 3.05) is 5.32 Å². The first kappa shape index (κ1) is 17.2. The summed E-state index contributed by atoms with van der Waals surface area (Å²) < 4.78 is 2.94. The summed E-state index contributed by atoms with van der Waals surface area (Å²) in [5.41, 5.74) is 4.02. The van der Waals surface area contributed by atoms with Gasteiger partial charge in [-0.25, -0.2) is 5.43 Å². The highest BCUT2D eigenvalue weighted by atomic mass is 32.1. The van der Waals surface area contributed by atoms with Gasteiger partial charge < -0.3 is 9.88 Å². The van der Waals surface area contributed by atoms with Crippen LogP contribution in [0.1, 0.15) is 23.2 Å². The molecule has 0 unspecified atom stereocenters. The summed E-state index contributed by atoms with van der Waals surface area (Å²) in [6.45, 7) is 0. The Balaban J connectivity index is 1.59. The van der Waals surface area contributed by atoms with Crippen LogP contribution in [0, 0.1) is 10.1 Å². The monoisotopic (exact) mass is 383 g/mol. The van der Waals surface area contributed by atoms with Crippen LogP contribution >= 0.6 is 11.3 Å². The average Bonchev–Trinajstić information content (AvgIpc) is 3.43. The summed E-state index contributed by atoms with van der Waals surface area (Å²) in [4.78, 5) is 23.9. The van der Waals surface area contributed by atoms with Gasteiger partial charge in [-0.2, -0.15) is 0 Å². The van der Waals surface area contributed by atoms with E-state index < -0.39 is 10.8 Å². The van der Waals surface area contributed by atoms with Crippen molar-refractivity contribution < 1.29 is 9.72 Å². The molecule has 0 spiro atoms. The summed E-state index contributed by atoms with van der Waals surface area (Å²) in [5.74, 6) is -0.492. The van der Waals surface area contributed by atoms with Crippen LogP contribution in [0.25, 0.3) is 10.2 Å². The number of benzene rings is 2. The van der Waals surface area contributed by atoms with Crippen molar-refractivity contribution in [2.24, 2.45) is 12.1 Å². The predicted octanol–water partition coefficient (Wildman–Crippen LogP) is 2.97. The van der Waals surface area contributed by atoms with Gasteiger partial charge in [0, 0.05) is 24.7 Å². The summed E-state index contributed by atoms with van der Waals surface area (Å²) >= 11 is 1.45. The van der Waals surface area contributed by atoms with E-state index in [4.69, 9.17) is 0 Å². The minimum atomic E-state index is -0.492. The number of hydrogen-bond acceptors (Lipinski definition) is 6. The third kappa shape index (κ3) is 3.54. The van der Waals surface area contributed by atoms with Crippen LogP contribution in [0.5, 0.6) is 0 Å². The molecule has 8 nitrogen and oxygen atoms in total. The Kier molecular flexibility index (Phi) is 4.36. The van der Waals surface area contributed by atoms with Gasteiger partial charge in [0.15, 0.2) is 0 Å². The highest BCUT2D eigenvalue weighted by Gasteiger charge is 2.25. The summed E-state index contributed by atoms with van der Waals surface area (Å²) in [7, 11) is 1.87. The number of amides is 1. The number of nitrogens with one attached hydrogen (secondary N) is 2. The van der Waals surface area contributed by atoms with E-state index in [1.54, 1.807) is 12.1 Å². The van der Waals surface area contributed by atoms with Crippen LogP contribution in [0.15, 0.2) is 47.6 Å². The van der Waals surface area contributed by atoms with E-state index in [0.717, 1.165) is 23.1 Å². The van der Waals surface area contributed by atoms with E-state index in [0.29, 0.717) is 10.5 Å². The van der Waals surface area contributed by atoms with Gasteiger partial charge in [-0.3, -0.25) is 14.9 Å². The van der Waals surface area contributed by atoms with Crippen molar-refractivity contribution in [1.29, 1.82) is 0 Å². The number of nitro benzene ring substituents is 1. The standard InChI is InChI=1S/C18H17N5O3S/c1-22-14-4-2-3-5-16(14)27-18(22)21-20-17(24)11-6-9-13(19-12-7-8-12)15(10-11)23(25)26/h2-6,9-10,12,19H,7-8H2,1H3,(H,20,24)/b21-18-. The Morgan fingerprint density at radius 3 is 2.78 bits per heavy atom. The van der Waals surface area contributed by atoms with Crippen molar-refractivity contribution in [3.8, 4) is 0 Å². The SMILES string of the molecule is Cn1/c(=N/NC(=O)c2ccc(NC3CC3)c([N+](=O)[O-])c2)sc2ccccc21. The lowest BCUT2D eigenvalue weighted by molar-refractivity contribution is -0.384. The normalized spacial score (nSPS) is 14.3. The molecule has 0 radical (unpaired) electrons. The zero-order valence-electron chi connectivity index (χ0n) is 14.5. The van der Waals surface area contributed by atoms with E-state index in [1.165, 1.54) is 17.4 Å². The van der Waals surface area contributed by atoms with Crippen LogP contribution < -0.4 is 15.5 Å². The van der Waals surface area contributed by atoms with E-state index in [1.807, 2.05) is 35.9 Å². The second-order valence-electron chi connectivity index (χ2n) is 6.37. The molecule has 2 aromatic carbocycles. The molecule has 1 aliphatic rings. The predicted molar refractivity (Wildman–Crippen MR) is 104 cm³/mol. The molecule has 2 N–H and O–H groups in total. The largest absolute Gasteiger partial charge is 0.377 e. The van der Waals surface area contributed by atoms with Gasteiger partial charge >= 0.3 is 0 Å². The van der Waals surface area contributed by atoms with Crippen LogP contribution in [0.4, 0.5) is 11.4 Å². The molecule has 9 heteroatoms. The smallest absolute Gasteiger partial charge is 0.293 e. The van der Waals surface area contributed by atoms with E-state index in [9.17, 15) is 14.9 Å². The zero-order valence-corrected chi connectivity index (χ0v) is 15.3. The molecule has 1 heterocycles. The van der Waals surface area contributed by atoms with Crippen molar-refractivity contribution >= 4 is 38.8 Å². The van der Waals surface area contributed by atoms with Gasteiger partial charge in [-0.15, -0.1) is 5.10 Å². The number of fused-ring (bicyclic) bond motifs is 1. The molecule has 3 aromatic rings. The number of hydrogen-bond donors (Lipinski definition) is 2. The number of thiazole rings is 1. The number of nitrogens with zero attached hydrogens (tertiary/aromatic N) is 3. The molecule has 0 saturated heterocycles. The van der Waals surface area contributed by atoms with Crippen molar-refractivity contribution in [1.82, 2.24) is 9.99 Å². The Morgan fingerprint density at radius 2 is 2.07 bits per heavy atom. The molecule has 1 aromatic heterocycles. The quantitative estimate of drug-likeness (QED) is 0.522. The number of nitro groups is 1. The van der Waals surface area contributed by atoms with Gasteiger partial charge in [-0.05, 0) is 37.1 Å². The fraction of sp³-hybridized carbons (Fsp3) is 0.222. The molecule has 4 rings (SSSR count). The topological polar surface area (TPSA) is 102 Å². The first-order chi connectivity index (χ1) is 13.0. The Labute approximate surface area is 158 Å². The van der Waals surface area contributed by atoms with Gasteiger partial charge in [0.1, 0.15) is 5.69 Å². The Morgan fingerprint density at radius 1 is 1.30 bits per heavy atom. The van der Waals surface area contributed by atoms with Crippen LogP contribution in [0.3, 0.4) is 0 Å². The van der Waals surface area contributed by atoms with Crippen LogP contribution in [-0.2, 0) is 7.05 Å². The number of rotatable bonds is 5. The van der Waals surface area contributed by atoms with Gasteiger partial charge in [0.25, 0.3) is 11.6 Å². The first-order valence-electron chi connectivity index (χ1n) is 8.46. The summed E-state index contributed by atoms with van der Waals surface area (Å²) in [6, 6.07) is 12.5. The van der Waals surface area contributed by atoms with E-state index >= 15 is 0 Å². The van der Waals surface area contributed by atoms with Gasteiger partial charge in [-0.1, -0.05) is 23.5 Å². The van der Waals surface area contributed by atoms with Crippen LogP contribution in [0.2, 0.25) is 0 Å². The second-order valence-corrected chi connectivity index (χ2v) is 7.38. The Bertz CT molecular complexity index is 1110. The average molecular weight is 383 g/mol. The molecule has 0 aliphatic heterocycles. The van der Waals surface area contributed by atoms with Gasteiger partial charge in [0.2, 0.25) is 4.80 Å². The first-order valence-corrected chi connectivity index (χ1v) is 9.28. The fourth-order valence-corrected chi connectivity index (χ4v) is 3.72. The third-order valence-electron chi connectivity index (χ3n) is 4.36. The van der Waals surface area contributed by atoms with Crippen molar-refractivity contribution in [3.05, 3.63) is 62.9 Å². The minimum Gasteiger partial charge on any atom is -0.377 e. The number of carbonyl (C=O) groups excluding carboxylic acids is 1. The molecule has 138 valence electrons. The van der Waals surface area contributed by atoms with Crippen molar-refractivity contribution in [2.45, 2.75) is 18.9 Å². The number of aryl methyl sites for hydroxylation is 1. The summed E-state index contributed by atoms with van der Waals surface area (Å²) in [5, 5.41) is 18.6. The highest BCUT2D eigenvalue weighted by Crippen LogP contribution is 2.31. The number of aromatic nitrogens is 1. The molecule has 1 fully saturated rings. The molecular weight excluding hydrogens is 366 g/mol. The third-order valence-corrected chi connectivity index (χ3v) is 5.47. The van der Waals surface area contributed by atoms with E-state index in [2.05, 4.69) is 15.8 Å². The second kappa shape index (κ2) is 6.84. The zero-order chi connectivity index (χ0) is 19.0. The molecule has 0 atom stereocenters. The maximum atomic E-state index is 12.4. The van der Waals surface area contributed by atoms with Crippen LogP contribution in [-0.4, -0.2) is 21.4 Å². The molecule has 1 aliphatic carbocycles. The molecule has 1 saturated carbocycles. The number of para-hydroxylation sites is 1. The molecular formula is C18H17N5O3S. The van der Waals surface area contributed by atoms with E-state index in [-0.39, 0.29) is 17.3 Å².